The number of halogens is 6. The molecule has 1 N–H and O–H groups in total. The molecule has 0 spiro atoms. The third kappa shape index (κ3) is 7.05. The van der Waals surface area contributed by atoms with Crippen LogP contribution in [0.15, 0.2) is 36.4 Å². The van der Waals surface area contributed by atoms with Crippen LogP contribution in [0.1, 0.15) is 47.4 Å². The van der Waals surface area contributed by atoms with Crippen LogP contribution >= 0.6 is 0 Å². The van der Waals surface area contributed by atoms with Gasteiger partial charge in [-0.3, -0.25) is 9.10 Å². The maximum atomic E-state index is 13.2. The van der Waals surface area contributed by atoms with Crippen LogP contribution in [-0.4, -0.2) is 51.7 Å². The number of amides is 1. The molecule has 14 heteroatoms. The van der Waals surface area contributed by atoms with E-state index >= 15 is 0 Å². The van der Waals surface area contributed by atoms with Gasteiger partial charge in [0, 0.05) is 37.4 Å². The number of alkyl halides is 6. The molecule has 1 aromatic carbocycles. The molecule has 1 aliphatic rings. The molecule has 2 aromatic rings. The van der Waals surface area contributed by atoms with Gasteiger partial charge >= 0.3 is 12.4 Å². The molecule has 3 rings (SSSR count). The van der Waals surface area contributed by atoms with E-state index in [1.807, 2.05) is 0 Å². The molecule has 1 heterocycles. The number of anilines is 2. The predicted molar refractivity (Wildman–Crippen MR) is 126 cm³/mol. The van der Waals surface area contributed by atoms with Crippen molar-refractivity contribution in [2.45, 2.75) is 50.1 Å². The third-order valence-electron chi connectivity index (χ3n) is 6.37. The SMILES string of the molecule is CN(c1ccc(C(=O)N[C@H]2CC[C@@H](N(C)c3cc(C(F)(F)F)nc(C(F)(F)F)c3)CC2)cc1)S(C)(=O)=O. The summed E-state index contributed by atoms with van der Waals surface area (Å²) in [5.41, 5.74) is -2.75. The minimum absolute atomic E-state index is 0.232. The molecule has 1 fully saturated rings. The number of nitrogens with zero attached hydrogens (tertiary/aromatic N) is 3. The molecule has 1 aliphatic carbocycles. The monoisotopic (exact) mass is 552 g/mol. The lowest BCUT2D eigenvalue weighted by Gasteiger charge is -2.36. The fourth-order valence-corrected chi connectivity index (χ4v) is 4.62. The zero-order chi connectivity index (χ0) is 27.8. The van der Waals surface area contributed by atoms with Crippen molar-refractivity contribution in [3.63, 3.8) is 0 Å². The molecule has 0 atom stereocenters. The van der Waals surface area contributed by atoms with E-state index in [1.54, 1.807) is 0 Å². The zero-order valence-electron chi connectivity index (χ0n) is 20.2. The van der Waals surface area contributed by atoms with Crippen molar-refractivity contribution in [2.75, 3.05) is 29.6 Å². The minimum Gasteiger partial charge on any atom is -0.371 e. The number of aromatic nitrogens is 1. The second-order valence-corrected chi connectivity index (χ2v) is 11.0. The third-order valence-corrected chi connectivity index (χ3v) is 7.57. The summed E-state index contributed by atoms with van der Waals surface area (Å²) in [6, 6.07) is 6.63. The standard InChI is InChI=1S/C23H26F6N4O3S/c1-32(18-12-19(22(24,25)26)31-20(13-18)23(27,28)29)16-10-6-15(7-11-16)30-21(34)14-4-8-17(9-5-14)33(2)37(3,35)36/h4-5,8-9,12-13,15-16H,6-7,10-11H2,1-3H3,(H,30,34)/t15-,16+. The maximum absolute atomic E-state index is 13.2. The van der Waals surface area contributed by atoms with Gasteiger partial charge in [-0.2, -0.15) is 26.3 Å². The first kappa shape index (κ1) is 28.5. The number of benzene rings is 1. The van der Waals surface area contributed by atoms with Gasteiger partial charge in [-0.05, 0) is 62.1 Å². The molecule has 1 saturated carbocycles. The molecule has 1 amide bonds. The van der Waals surface area contributed by atoms with Crippen LogP contribution in [0.3, 0.4) is 0 Å². The highest BCUT2D eigenvalue weighted by Gasteiger charge is 2.39. The van der Waals surface area contributed by atoms with Gasteiger partial charge in [-0.1, -0.05) is 0 Å². The van der Waals surface area contributed by atoms with Crippen LogP contribution in [0.5, 0.6) is 0 Å². The van der Waals surface area contributed by atoms with Gasteiger partial charge < -0.3 is 10.2 Å². The van der Waals surface area contributed by atoms with Crippen LogP contribution in [-0.2, 0) is 22.4 Å². The highest BCUT2D eigenvalue weighted by atomic mass is 32.2. The summed E-state index contributed by atoms with van der Waals surface area (Å²) in [5, 5.41) is 2.87. The Morgan fingerprint density at radius 3 is 1.81 bits per heavy atom. The normalized spacial score (nSPS) is 18.8. The predicted octanol–water partition coefficient (Wildman–Crippen LogP) is 4.69. The van der Waals surface area contributed by atoms with Gasteiger partial charge in [0.1, 0.15) is 11.4 Å². The van der Waals surface area contributed by atoms with Gasteiger partial charge in [0.05, 0.1) is 11.9 Å². The van der Waals surface area contributed by atoms with E-state index in [-0.39, 0.29) is 23.7 Å². The lowest BCUT2D eigenvalue weighted by atomic mass is 9.90. The van der Waals surface area contributed by atoms with Gasteiger partial charge in [0.2, 0.25) is 10.0 Å². The highest BCUT2D eigenvalue weighted by Crippen LogP contribution is 2.37. The van der Waals surface area contributed by atoms with Gasteiger partial charge in [0.25, 0.3) is 5.91 Å². The van der Waals surface area contributed by atoms with Crippen molar-refractivity contribution in [3.8, 4) is 0 Å². The van der Waals surface area contributed by atoms with Crippen molar-refractivity contribution in [1.29, 1.82) is 0 Å². The number of hydrogen-bond acceptors (Lipinski definition) is 5. The number of pyridine rings is 1. The summed E-state index contributed by atoms with van der Waals surface area (Å²) >= 11 is 0. The maximum Gasteiger partial charge on any atom is 0.433 e. The van der Waals surface area contributed by atoms with E-state index < -0.39 is 33.8 Å². The van der Waals surface area contributed by atoms with Crippen molar-refractivity contribution in [3.05, 3.63) is 53.3 Å². The number of nitrogens with one attached hydrogen (secondary N) is 1. The zero-order valence-corrected chi connectivity index (χ0v) is 21.0. The molecule has 204 valence electrons. The smallest absolute Gasteiger partial charge is 0.371 e. The quantitative estimate of drug-likeness (QED) is 0.526. The average Bonchev–Trinajstić information content (AvgIpc) is 2.81. The number of sulfonamides is 1. The van der Waals surface area contributed by atoms with Crippen LogP contribution in [0.2, 0.25) is 0 Å². The van der Waals surface area contributed by atoms with Crippen molar-refractivity contribution in [1.82, 2.24) is 10.3 Å². The molecule has 0 radical (unpaired) electrons. The number of carbonyl (C=O) groups is 1. The highest BCUT2D eigenvalue weighted by molar-refractivity contribution is 7.92. The molecule has 0 unspecified atom stereocenters. The molecule has 0 aliphatic heterocycles. The van der Waals surface area contributed by atoms with Crippen LogP contribution < -0.4 is 14.5 Å². The number of hydrogen-bond donors (Lipinski definition) is 1. The Hall–Kier alpha value is -3.03. The van der Waals surface area contributed by atoms with Gasteiger partial charge in [-0.15, -0.1) is 0 Å². The molecule has 1 aromatic heterocycles. The fraction of sp³-hybridized carbons (Fsp3) is 0.478. The molecule has 7 nitrogen and oxygen atoms in total. The average molecular weight is 553 g/mol. The number of rotatable bonds is 6. The van der Waals surface area contributed by atoms with Gasteiger partial charge in [0.15, 0.2) is 0 Å². The fourth-order valence-electron chi connectivity index (χ4n) is 4.11. The van der Waals surface area contributed by atoms with E-state index in [4.69, 9.17) is 0 Å². The van der Waals surface area contributed by atoms with Crippen LogP contribution in [0.25, 0.3) is 0 Å². The Balaban J connectivity index is 1.64. The van der Waals surface area contributed by atoms with Crippen LogP contribution in [0, 0.1) is 0 Å². The first-order valence-electron chi connectivity index (χ1n) is 11.2. The largest absolute Gasteiger partial charge is 0.433 e. The number of carbonyl (C=O) groups excluding carboxylic acids is 1. The Kier molecular flexibility index (Phi) is 8.01. The van der Waals surface area contributed by atoms with Crippen LogP contribution in [0.4, 0.5) is 37.7 Å². The molecule has 0 saturated heterocycles. The van der Waals surface area contributed by atoms with Crippen molar-refractivity contribution < 1.29 is 39.6 Å². The summed E-state index contributed by atoms with van der Waals surface area (Å²) in [6.07, 6.45) is -7.19. The van der Waals surface area contributed by atoms with E-state index in [0.717, 1.165) is 10.6 Å². The first-order chi connectivity index (χ1) is 17.0. The lowest BCUT2D eigenvalue weighted by molar-refractivity contribution is -0.150. The second kappa shape index (κ2) is 10.4. The van der Waals surface area contributed by atoms with Crippen molar-refractivity contribution in [2.24, 2.45) is 0 Å². The summed E-state index contributed by atoms with van der Waals surface area (Å²) in [7, 11) is -0.622. The summed E-state index contributed by atoms with van der Waals surface area (Å²) in [4.78, 5) is 16.8. The van der Waals surface area contributed by atoms with E-state index in [1.165, 1.54) is 43.3 Å². The first-order valence-corrected chi connectivity index (χ1v) is 13.1. The van der Waals surface area contributed by atoms with E-state index in [2.05, 4.69) is 10.3 Å². The lowest BCUT2D eigenvalue weighted by Crippen LogP contribution is -2.43. The Bertz CT molecular complexity index is 1190. The Labute approximate surface area is 210 Å². The minimum atomic E-state index is -5.03. The van der Waals surface area contributed by atoms with E-state index in [0.29, 0.717) is 49.1 Å². The molecular weight excluding hydrogens is 526 g/mol. The topological polar surface area (TPSA) is 82.6 Å². The Morgan fingerprint density at radius 2 is 1.38 bits per heavy atom. The second-order valence-electron chi connectivity index (χ2n) is 8.96. The molecular formula is C23H26F6N4O3S. The summed E-state index contributed by atoms with van der Waals surface area (Å²) in [5.74, 6) is -0.371. The molecule has 0 bridgehead atoms. The van der Waals surface area contributed by atoms with Gasteiger partial charge in [-0.25, -0.2) is 13.4 Å². The van der Waals surface area contributed by atoms with E-state index in [9.17, 15) is 39.6 Å². The molecule has 37 heavy (non-hydrogen) atoms. The summed E-state index contributed by atoms with van der Waals surface area (Å²) in [6.45, 7) is 0. The van der Waals surface area contributed by atoms with Crippen molar-refractivity contribution >= 4 is 27.3 Å². The Morgan fingerprint density at radius 1 is 0.892 bits per heavy atom. The summed E-state index contributed by atoms with van der Waals surface area (Å²) < 4.78 is 103.